The van der Waals surface area contributed by atoms with Crippen molar-refractivity contribution in [2.75, 3.05) is 12.8 Å². The molecule has 0 saturated carbocycles. The van der Waals surface area contributed by atoms with E-state index in [9.17, 15) is 9.59 Å². The number of hydrogen-bond donors (Lipinski definition) is 1. The molecule has 0 aromatic heterocycles. The molecular formula is C13H15NO4. The van der Waals surface area contributed by atoms with E-state index in [0.717, 1.165) is 5.56 Å². The third-order valence-corrected chi connectivity index (χ3v) is 3.26. The van der Waals surface area contributed by atoms with Crippen molar-refractivity contribution in [3.05, 3.63) is 23.8 Å². The predicted octanol–water partition coefficient (Wildman–Crippen LogP) is 1.47. The molecule has 1 aromatic rings. The number of nitrogen functional groups attached to an aromatic ring is 1. The molecular weight excluding hydrogens is 234 g/mol. The minimum Gasteiger partial charge on any atom is -0.469 e. The average molecular weight is 249 g/mol. The van der Waals surface area contributed by atoms with Gasteiger partial charge in [-0.05, 0) is 17.5 Å². The second kappa shape index (κ2) is 4.68. The lowest BCUT2D eigenvalue weighted by molar-refractivity contribution is -0.150. The van der Waals surface area contributed by atoms with Crippen molar-refractivity contribution >= 4 is 17.6 Å². The second-order valence-corrected chi connectivity index (χ2v) is 4.39. The first-order valence-electron chi connectivity index (χ1n) is 5.71. The van der Waals surface area contributed by atoms with Crippen LogP contribution in [0, 0.1) is 5.92 Å². The summed E-state index contributed by atoms with van der Waals surface area (Å²) in [5.41, 5.74) is 7.07. The maximum atomic E-state index is 11.9. The standard InChI is InChI=1S/C13H15NO4/c1-7-9-4-3-8(14)5-11(9)18-13(16)10(7)6-12(15)17-2/h3-5,7,10H,6,14H2,1-2H3. The highest BCUT2D eigenvalue weighted by atomic mass is 16.5. The number of methoxy groups -OCH3 is 1. The van der Waals surface area contributed by atoms with E-state index in [2.05, 4.69) is 4.74 Å². The molecule has 0 saturated heterocycles. The number of anilines is 1. The molecule has 2 rings (SSSR count). The van der Waals surface area contributed by atoms with E-state index in [-0.39, 0.29) is 12.3 Å². The Morgan fingerprint density at radius 2 is 2.22 bits per heavy atom. The van der Waals surface area contributed by atoms with Crippen molar-refractivity contribution in [2.24, 2.45) is 5.92 Å². The first kappa shape index (κ1) is 12.4. The van der Waals surface area contributed by atoms with Gasteiger partial charge in [0.05, 0.1) is 19.4 Å². The number of nitrogens with two attached hydrogens (primary N) is 1. The quantitative estimate of drug-likeness (QED) is 0.488. The van der Waals surface area contributed by atoms with Crippen molar-refractivity contribution in [3.63, 3.8) is 0 Å². The minimum absolute atomic E-state index is 0.0281. The fourth-order valence-corrected chi connectivity index (χ4v) is 2.14. The Labute approximate surface area is 105 Å². The van der Waals surface area contributed by atoms with Gasteiger partial charge in [0, 0.05) is 11.8 Å². The predicted molar refractivity (Wildman–Crippen MR) is 65.0 cm³/mol. The summed E-state index contributed by atoms with van der Waals surface area (Å²) < 4.78 is 9.80. The maximum absolute atomic E-state index is 11.9. The largest absolute Gasteiger partial charge is 0.469 e. The van der Waals surface area contributed by atoms with Crippen LogP contribution in [0.5, 0.6) is 5.75 Å². The molecule has 2 atom stereocenters. The first-order valence-corrected chi connectivity index (χ1v) is 5.71. The molecule has 0 fully saturated rings. The third kappa shape index (κ3) is 2.16. The molecule has 1 aromatic carbocycles. The third-order valence-electron chi connectivity index (χ3n) is 3.26. The first-order chi connectivity index (χ1) is 8.52. The van der Waals surface area contributed by atoms with E-state index in [1.165, 1.54) is 7.11 Å². The molecule has 0 bridgehead atoms. The summed E-state index contributed by atoms with van der Waals surface area (Å²) in [5.74, 6) is -0.947. The lowest BCUT2D eigenvalue weighted by Gasteiger charge is -2.28. The average Bonchev–Trinajstić information content (AvgIpc) is 2.33. The molecule has 0 radical (unpaired) electrons. The van der Waals surface area contributed by atoms with Crippen LogP contribution in [0.15, 0.2) is 18.2 Å². The van der Waals surface area contributed by atoms with Crippen LogP contribution in [0.1, 0.15) is 24.8 Å². The van der Waals surface area contributed by atoms with Gasteiger partial charge in [-0.1, -0.05) is 13.0 Å². The van der Waals surface area contributed by atoms with E-state index in [1.54, 1.807) is 12.1 Å². The van der Waals surface area contributed by atoms with Crippen LogP contribution in [0.25, 0.3) is 0 Å². The van der Waals surface area contributed by atoms with Crippen molar-refractivity contribution in [1.82, 2.24) is 0 Å². The van der Waals surface area contributed by atoms with E-state index >= 15 is 0 Å². The summed E-state index contributed by atoms with van der Waals surface area (Å²) in [6.07, 6.45) is 0.0281. The van der Waals surface area contributed by atoms with Crippen LogP contribution in [0.2, 0.25) is 0 Å². The highest BCUT2D eigenvalue weighted by Crippen LogP contribution is 2.39. The Hall–Kier alpha value is -2.04. The summed E-state index contributed by atoms with van der Waals surface area (Å²) in [6, 6.07) is 5.20. The lowest BCUT2D eigenvalue weighted by atomic mass is 9.83. The number of rotatable bonds is 2. The Kier molecular flexibility index (Phi) is 3.23. The highest BCUT2D eigenvalue weighted by Gasteiger charge is 2.36. The van der Waals surface area contributed by atoms with E-state index in [4.69, 9.17) is 10.5 Å². The van der Waals surface area contributed by atoms with Gasteiger partial charge in [-0.15, -0.1) is 0 Å². The molecule has 0 aliphatic carbocycles. The van der Waals surface area contributed by atoms with Crippen molar-refractivity contribution in [1.29, 1.82) is 0 Å². The van der Waals surface area contributed by atoms with Gasteiger partial charge in [0.25, 0.3) is 0 Å². The zero-order chi connectivity index (χ0) is 13.3. The fraction of sp³-hybridized carbons (Fsp3) is 0.385. The van der Waals surface area contributed by atoms with Crippen LogP contribution in [-0.2, 0) is 14.3 Å². The molecule has 0 spiro atoms. The van der Waals surface area contributed by atoms with E-state index < -0.39 is 17.9 Å². The number of fused-ring (bicyclic) bond motifs is 1. The molecule has 5 nitrogen and oxygen atoms in total. The van der Waals surface area contributed by atoms with Gasteiger partial charge in [-0.2, -0.15) is 0 Å². The highest BCUT2D eigenvalue weighted by molar-refractivity contribution is 5.84. The van der Waals surface area contributed by atoms with Crippen molar-refractivity contribution < 1.29 is 19.1 Å². The minimum atomic E-state index is -0.506. The summed E-state index contributed by atoms with van der Waals surface area (Å²) in [4.78, 5) is 23.1. The molecule has 2 unspecified atom stereocenters. The summed E-state index contributed by atoms with van der Waals surface area (Å²) in [7, 11) is 1.30. The Morgan fingerprint density at radius 1 is 1.50 bits per heavy atom. The van der Waals surface area contributed by atoms with Crippen LogP contribution in [0.4, 0.5) is 5.69 Å². The Morgan fingerprint density at radius 3 is 2.89 bits per heavy atom. The smallest absolute Gasteiger partial charge is 0.315 e. The van der Waals surface area contributed by atoms with Crippen molar-refractivity contribution in [3.8, 4) is 5.75 Å². The van der Waals surface area contributed by atoms with Crippen LogP contribution in [0.3, 0.4) is 0 Å². The number of carbonyl (C=O) groups is 2. The van der Waals surface area contributed by atoms with Crippen molar-refractivity contribution in [2.45, 2.75) is 19.3 Å². The monoisotopic (exact) mass is 249 g/mol. The molecule has 1 aliphatic heterocycles. The van der Waals surface area contributed by atoms with Gasteiger partial charge in [-0.3, -0.25) is 9.59 Å². The number of benzene rings is 1. The van der Waals surface area contributed by atoms with Crippen LogP contribution in [-0.4, -0.2) is 19.0 Å². The lowest BCUT2D eigenvalue weighted by Crippen LogP contribution is -2.32. The fourth-order valence-electron chi connectivity index (χ4n) is 2.14. The number of hydrogen-bond acceptors (Lipinski definition) is 5. The number of carbonyl (C=O) groups excluding carboxylic acids is 2. The maximum Gasteiger partial charge on any atom is 0.315 e. The van der Waals surface area contributed by atoms with Gasteiger partial charge in [0.15, 0.2) is 0 Å². The SMILES string of the molecule is COC(=O)CC1C(=O)Oc2cc(N)ccc2C1C. The van der Waals surface area contributed by atoms with Gasteiger partial charge in [-0.25, -0.2) is 0 Å². The van der Waals surface area contributed by atoms with Crippen LogP contribution < -0.4 is 10.5 Å². The molecule has 2 N–H and O–H groups in total. The van der Waals surface area contributed by atoms with Gasteiger partial charge in [0.1, 0.15) is 5.75 Å². The Bertz CT molecular complexity index is 498. The van der Waals surface area contributed by atoms with Gasteiger partial charge >= 0.3 is 11.9 Å². The Balaban J connectivity index is 2.30. The molecule has 18 heavy (non-hydrogen) atoms. The summed E-state index contributed by atoms with van der Waals surface area (Å²) in [6.45, 7) is 1.89. The normalized spacial score (nSPS) is 22.0. The zero-order valence-electron chi connectivity index (χ0n) is 10.3. The second-order valence-electron chi connectivity index (χ2n) is 4.39. The zero-order valence-corrected chi connectivity index (χ0v) is 10.3. The van der Waals surface area contributed by atoms with Crippen LogP contribution >= 0.6 is 0 Å². The molecule has 1 aliphatic rings. The van der Waals surface area contributed by atoms with E-state index in [0.29, 0.717) is 11.4 Å². The van der Waals surface area contributed by atoms with Gasteiger partial charge < -0.3 is 15.2 Å². The van der Waals surface area contributed by atoms with E-state index in [1.807, 2.05) is 13.0 Å². The molecule has 96 valence electrons. The number of ether oxygens (including phenoxy) is 2. The summed E-state index contributed by atoms with van der Waals surface area (Å²) in [5, 5.41) is 0. The summed E-state index contributed by atoms with van der Waals surface area (Å²) >= 11 is 0. The molecule has 5 heteroatoms. The number of esters is 2. The molecule has 0 amide bonds. The van der Waals surface area contributed by atoms with Gasteiger partial charge in [0.2, 0.25) is 0 Å². The molecule has 1 heterocycles. The topological polar surface area (TPSA) is 78.6 Å².